The lowest BCUT2D eigenvalue weighted by Crippen LogP contribution is -2.32. The Balaban J connectivity index is 2.20. The van der Waals surface area contributed by atoms with Crippen LogP contribution >= 0.6 is 0 Å². The Morgan fingerprint density at radius 1 is 1.42 bits per heavy atom. The van der Waals surface area contributed by atoms with Crippen molar-refractivity contribution >= 4 is 5.69 Å². The molecule has 0 spiro atoms. The van der Waals surface area contributed by atoms with Crippen LogP contribution in [0.2, 0.25) is 0 Å². The summed E-state index contributed by atoms with van der Waals surface area (Å²) in [7, 11) is 4.35. The van der Waals surface area contributed by atoms with Gasteiger partial charge in [0.25, 0.3) is 0 Å². The van der Waals surface area contributed by atoms with Gasteiger partial charge in [0.2, 0.25) is 0 Å². The average Bonchev–Trinajstić information content (AvgIpc) is 2.77. The van der Waals surface area contributed by atoms with Crippen molar-refractivity contribution in [3.8, 4) is 0 Å². The minimum atomic E-state index is 0.216. The smallest absolute Gasteiger partial charge is 0.0400 e. The van der Waals surface area contributed by atoms with Crippen LogP contribution < -0.4 is 10.6 Å². The first-order valence-electron chi connectivity index (χ1n) is 7.24. The van der Waals surface area contributed by atoms with Gasteiger partial charge in [-0.05, 0) is 52.4 Å². The number of nitrogens with zero attached hydrogens (tertiary/aromatic N) is 2. The molecule has 2 rings (SSSR count). The van der Waals surface area contributed by atoms with Crippen molar-refractivity contribution in [3.05, 3.63) is 29.3 Å². The summed E-state index contributed by atoms with van der Waals surface area (Å²) >= 11 is 0. The summed E-state index contributed by atoms with van der Waals surface area (Å²) in [5.41, 5.74) is 10.1. The first-order valence-corrected chi connectivity index (χ1v) is 7.24. The van der Waals surface area contributed by atoms with Gasteiger partial charge in [0.05, 0.1) is 0 Å². The third-order valence-corrected chi connectivity index (χ3v) is 4.01. The van der Waals surface area contributed by atoms with Crippen LogP contribution in [0.4, 0.5) is 5.69 Å². The molecular formula is C16H27N3. The van der Waals surface area contributed by atoms with Crippen LogP contribution in [0.5, 0.6) is 0 Å². The van der Waals surface area contributed by atoms with Gasteiger partial charge in [-0.25, -0.2) is 0 Å². The number of likely N-dealkylation sites (N-methyl/N-ethyl adjacent to an activating group) is 1. The van der Waals surface area contributed by atoms with Gasteiger partial charge in [-0.15, -0.1) is 0 Å². The highest BCUT2D eigenvalue weighted by molar-refractivity contribution is 5.56. The maximum Gasteiger partial charge on any atom is 0.0400 e. The Bertz CT molecular complexity index is 426. The molecule has 0 aliphatic carbocycles. The second-order valence-electron chi connectivity index (χ2n) is 6.17. The summed E-state index contributed by atoms with van der Waals surface area (Å²) in [6.45, 7) is 6.51. The highest BCUT2D eigenvalue weighted by atomic mass is 15.2. The van der Waals surface area contributed by atoms with Crippen LogP contribution in [0.15, 0.2) is 18.2 Å². The highest BCUT2D eigenvalue weighted by Crippen LogP contribution is 2.27. The first kappa shape index (κ1) is 14.4. The second-order valence-corrected chi connectivity index (χ2v) is 6.17. The molecule has 2 N–H and O–H groups in total. The Morgan fingerprint density at radius 2 is 2.16 bits per heavy atom. The summed E-state index contributed by atoms with van der Waals surface area (Å²) in [6.07, 6.45) is 2.21. The van der Waals surface area contributed by atoms with E-state index in [0.29, 0.717) is 6.04 Å². The first-order chi connectivity index (χ1) is 8.97. The topological polar surface area (TPSA) is 32.5 Å². The molecule has 0 amide bonds. The largest absolute Gasteiger partial charge is 0.370 e. The zero-order valence-electron chi connectivity index (χ0n) is 12.7. The molecule has 2 atom stereocenters. The van der Waals surface area contributed by atoms with E-state index in [2.05, 4.69) is 55.9 Å². The van der Waals surface area contributed by atoms with E-state index < -0.39 is 0 Å². The van der Waals surface area contributed by atoms with Crippen molar-refractivity contribution < 1.29 is 0 Å². The van der Waals surface area contributed by atoms with E-state index in [1.54, 1.807) is 0 Å². The number of nitrogens with two attached hydrogens (primary N) is 1. The molecule has 1 aromatic rings. The summed E-state index contributed by atoms with van der Waals surface area (Å²) in [5.74, 6) is 0. The van der Waals surface area contributed by atoms with Gasteiger partial charge < -0.3 is 15.5 Å². The van der Waals surface area contributed by atoms with Gasteiger partial charge >= 0.3 is 0 Å². The fraction of sp³-hybridized carbons (Fsp3) is 0.625. The zero-order chi connectivity index (χ0) is 14.0. The third kappa shape index (κ3) is 3.48. The van der Waals surface area contributed by atoms with Gasteiger partial charge in [-0.2, -0.15) is 0 Å². The van der Waals surface area contributed by atoms with Gasteiger partial charge in [-0.1, -0.05) is 17.7 Å². The number of hydrogen-bond acceptors (Lipinski definition) is 3. The Hall–Kier alpha value is -1.06. The second kappa shape index (κ2) is 5.93. The van der Waals surface area contributed by atoms with Crippen LogP contribution in [-0.2, 0) is 6.42 Å². The lowest BCUT2D eigenvalue weighted by Gasteiger charge is -2.25. The van der Waals surface area contributed by atoms with Crippen LogP contribution in [0.25, 0.3) is 0 Å². The molecule has 0 radical (unpaired) electrons. The molecule has 106 valence electrons. The Labute approximate surface area is 117 Å². The molecule has 1 fully saturated rings. The Kier molecular flexibility index (Phi) is 4.48. The number of anilines is 1. The molecule has 1 heterocycles. The normalized spacial score (nSPS) is 21.2. The number of aryl methyl sites for hydroxylation is 1. The van der Waals surface area contributed by atoms with Crippen molar-refractivity contribution in [3.63, 3.8) is 0 Å². The van der Waals surface area contributed by atoms with Crippen molar-refractivity contribution in [1.29, 1.82) is 0 Å². The minimum absolute atomic E-state index is 0.216. The summed E-state index contributed by atoms with van der Waals surface area (Å²) in [5, 5.41) is 0. The molecule has 3 nitrogen and oxygen atoms in total. The molecule has 1 saturated heterocycles. The van der Waals surface area contributed by atoms with Crippen LogP contribution in [0, 0.1) is 6.92 Å². The third-order valence-electron chi connectivity index (χ3n) is 4.01. The molecule has 0 bridgehead atoms. The van der Waals surface area contributed by atoms with E-state index in [0.717, 1.165) is 19.5 Å². The van der Waals surface area contributed by atoms with E-state index in [1.165, 1.54) is 23.2 Å². The van der Waals surface area contributed by atoms with E-state index >= 15 is 0 Å². The van der Waals surface area contributed by atoms with E-state index in [9.17, 15) is 0 Å². The van der Waals surface area contributed by atoms with Gasteiger partial charge in [-0.3, -0.25) is 0 Å². The molecular weight excluding hydrogens is 234 g/mol. The number of hydrogen-bond donors (Lipinski definition) is 1. The lowest BCUT2D eigenvalue weighted by molar-refractivity contribution is 0.315. The fourth-order valence-electron chi connectivity index (χ4n) is 2.92. The van der Waals surface area contributed by atoms with Gasteiger partial charge in [0, 0.05) is 30.9 Å². The predicted molar refractivity (Wildman–Crippen MR) is 82.8 cm³/mol. The maximum absolute atomic E-state index is 5.99. The van der Waals surface area contributed by atoms with Crippen molar-refractivity contribution in [2.24, 2.45) is 5.73 Å². The number of benzene rings is 1. The summed E-state index contributed by atoms with van der Waals surface area (Å²) < 4.78 is 0. The zero-order valence-corrected chi connectivity index (χ0v) is 12.7. The van der Waals surface area contributed by atoms with Crippen LogP contribution in [0.3, 0.4) is 0 Å². The molecule has 3 heteroatoms. The molecule has 1 aliphatic rings. The maximum atomic E-state index is 5.99. The molecule has 19 heavy (non-hydrogen) atoms. The van der Waals surface area contributed by atoms with Crippen molar-refractivity contribution in [2.75, 3.05) is 32.1 Å². The monoisotopic (exact) mass is 261 g/mol. The lowest BCUT2D eigenvalue weighted by atomic mass is 10.0. The van der Waals surface area contributed by atoms with Gasteiger partial charge in [0.15, 0.2) is 0 Å². The predicted octanol–water partition coefficient (Wildman–Crippen LogP) is 2.03. The van der Waals surface area contributed by atoms with Crippen molar-refractivity contribution in [2.45, 2.75) is 38.8 Å². The van der Waals surface area contributed by atoms with E-state index in [4.69, 9.17) is 5.73 Å². The molecule has 1 aliphatic heterocycles. The minimum Gasteiger partial charge on any atom is -0.370 e. The molecule has 1 aromatic carbocycles. The molecule has 0 aromatic heterocycles. The highest BCUT2D eigenvalue weighted by Gasteiger charge is 2.25. The number of rotatable bonds is 4. The molecule has 2 unspecified atom stereocenters. The average molecular weight is 261 g/mol. The van der Waals surface area contributed by atoms with Gasteiger partial charge in [0.1, 0.15) is 0 Å². The molecule has 0 saturated carbocycles. The quantitative estimate of drug-likeness (QED) is 0.900. The standard InChI is InChI=1S/C16H27N3/c1-12-5-6-16(14(9-12)10-13(2)17)19-8-7-15(11-19)18(3)4/h5-6,9,13,15H,7-8,10-11,17H2,1-4H3. The fourth-order valence-corrected chi connectivity index (χ4v) is 2.92. The van der Waals surface area contributed by atoms with Crippen LogP contribution in [0.1, 0.15) is 24.5 Å². The van der Waals surface area contributed by atoms with E-state index in [1.807, 2.05) is 0 Å². The summed E-state index contributed by atoms with van der Waals surface area (Å²) in [4.78, 5) is 4.85. The van der Waals surface area contributed by atoms with Crippen molar-refractivity contribution in [1.82, 2.24) is 4.90 Å². The SMILES string of the molecule is Cc1ccc(N2CCC(N(C)C)C2)c(CC(C)N)c1. The van der Waals surface area contributed by atoms with E-state index in [-0.39, 0.29) is 6.04 Å². The summed E-state index contributed by atoms with van der Waals surface area (Å²) in [6, 6.07) is 7.66. The van der Waals surface area contributed by atoms with Crippen LogP contribution in [-0.4, -0.2) is 44.2 Å². The Morgan fingerprint density at radius 3 is 2.74 bits per heavy atom.